The fourth-order valence-electron chi connectivity index (χ4n) is 1.91. The molecule has 6 nitrogen and oxygen atoms in total. The van der Waals surface area contributed by atoms with Gasteiger partial charge < -0.3 is 19.6 Å². The first-order valence-electron chi connectivity index (χ1n) is 6.66. The lowest BCUT2D eigenvalue weighted by molar-refractivity contribution is -0.138. The maximum atomic E-state index is 12.5. The number of rotatable bonds is 8. The number of carbonyl (C=O) groups excluding carboxylic acids is 1. The van der Waals surface area contributed by atoms with Crippen LogP contribution in [0.5, 0.6) is 0 Å². The van der Waals surface area contributed by atoms with E-state index in [1.165, 1.54) is 4.90 Å². The lowest BCUT2D eigenvalue weighted by Crippen LogP contribution is -2.52. The number of methoxy groups -OCH3 is 1. The molecule has 19 heavy (non-hydrogen) atoms. The number of hydrogen-bond acceptors (Lipinski definition) is 3. The average molecular weight is 274 g/mol. The molecule has 2 atom stereocenters. The summed E-state index contributed by atoms with van der Waals surface area (Å²) in [7, 11) is 1.58. The molecule has 0 aromatic carbocycles. The van der Waals surface area contributed by atoms with Crippen LogP contribution in [0.1, 0.15) is 34.1 Å². The van der Waals surface area contributed by atoms with E-state index in [4.69, 9.17) is 9.84 Å². The molecule has 1 N–H and O–H groups in total. The van der Waals surface area contributed by atoms with Crippen molar-refractivity contribution in [2.75, 3.05) is 26.8 Å². The average Bonchev–Trinajstić information content (AvgIpc) is 2.35. The number of hydrogen-bond donors (Lipinski definition) is 1. The predicted octanol–water partition coefficient (Wildman–Crippen LogP) is 1.65. The van der Waals surface area contributed by atoms with Crippen molar-refractivity contribution in [1.82, 2.24) is 9.80 Å². The standard InChI is InChI=1S/C13H26N2O4/c1-6-10(3)15(8-12(16)17)13(18)14(7-2)11(4)9-19-5/h10-11H,6-9H2,1-5H3,(H,16,17). The van der Waals surface area contributed by atoms with Crippen molar-refractivity contribution in [3.05, 3.63) is 0 Å². The summed E-state index contributed by atoms with van der Waals surface area (Å²) in [5.41, 5.74) is 0. The van der Waals surface area contributed by atoms with Crippen LogP contribution in [0, 0.1) is 0 Å². The SMILES string of the molecule is CCC(C)N(CC(=O)O)C(=O)N(CC)C(C)COC. The number of amides is 2. The summed E-state index contributed by atoms with van der Waals surface area (Å²) in [5, 5.41) is 8.94. The summed E-state index contributed by atoms with van der Waals surface area (Å²) in [6.07, 6.45) is 0.717. The van der Waals surface area contributed by atoms with Crippen molar-refractivity contribution in [2.45, 2.75) is 46.2 Å². The van der Waals surface area contributed by atoms with E-state index in [0.717, 1.165) is 6.42 Å². The number of urea groups is 1. The van der Waals surface area contributed by atoms with Crippen molar-refractivity contribution >= 4 is 12.0 Å². The highest BCUT2D eigenvalue weighted by Gasteiger charge is 2.28. The van der Waals surface area contributed by atoms with E-state index in [1.807, 2.05) is 27.7 Å². The zero-order valence-corrected chi connectivity index (χ0v) is 12.5. The van der Waals surface area contributed by atoms with Crippen LogP contribution in [0.2, 0.25) is 0 Å². The Bertz CT molecular complexity index is 296. The lowest BCUT2D eigenvalue weighted by Gasteiger charge is -2.35. The molecule has 0 aromatic rings. The van der Waals surface area contributed by atoms with Crippen LogP contribution < -0.4 is 0 Å². The number of carboxylic acid groups (broad SMARTS) is 1. The molecular formula is C13H26N2O4. The second kappa shape index (κ2) is 8.74. The van der Waals surface area contributed by atoms with Gasteiger partial charge in [-0.05, 0) is 27.2 Å². The third kappa shape index (κ3) is 5.46. The summed E-state index contributed by atoms with van der Waals surface area (Å²) in [6.45, 7) is 8.23. The highest BCUT2D eigenvalue weighted by Crippen LogP contribution is 2.11. The second-order valence-electron chi connectivity index (χ2n) is 4.65. The van der Waals surface area contributed by atoms with Crippen LogP contribution in [0.4, 0.5) is 4.79 Å². The van der Waals surface area contributed by atoms with Crippen LogP contribution in [0.25, 0.3) is 0 Å². The molecule has 0 aliphatic carbocycles. The van der Waals surface area contributed by atoms with Gasteiger partial charge in [0.05, 0.1) is 12.6 Å². The quantitative estimate of drug-likeness (QED) is 0.730. The topological polar surface area (TPSA) is 70.1 Å². The van der Waals surface area contributed by atoms with Gasteiger partial charge in [-0.25, -0.2) is 4.79 Å². The minimum atomic E-state index is -0.996. The summed E-state index contributed by atoms with van der Waals surface area (Å²) in [5.74, 6) is -0.996. The number of ether oxygens (including phenoxy) is 1. The van der Waals surface area contributed by atoms with Crippen LogP contribution >= 0.6 is 0 Å². The van der Waals surface area contributed by atoms with Crippen molar-refractivity contribution in [1.29, 1.82) is 0 Å². The Labute approximate surface area is 115 Å². The predicted molar refractivity (Wildman–Crippen MR) is 73.2 cm³/mol. The third-order valence-electron chi connectivity index (χ3n) is 3.20. The van der Waals surface area contributed by atoms with Gasteiger partial charge in [0.2, 0.25) is 0 Å². The van der Waals surface area contributed by atoms with E-state index in [1.54, 1.807) is 12.0 Å². The van der Waals surface area contributed by atoms with Gasteiger partial charge in [-0.1, -0.05) is 6.92 Å². The zero-order chi connectivity index (χ0) is 15.0. The molecule has 0 heterocycles. The Morgan fingerprint density at radius 1 is 1.16 bits per heavy atom. The van der Waals surface area contributed by atoms with Crippen molar-refractivity contribution in [2.24, 2.45) is 0 Å². The van der Waals surface area contributed by atoms with Gasteiger partial charge in [0.15, 0.2) is 0 Å². The van der Waals surface area contributed by atoms with E-state index < -0.39 is 5.97 Å². The molecule has 2 unspecified atom stereocenters. The number of likely N-dealkylation sites (N-methyl/N-ethyl adjacent to an activating group) is 1. The van der Waals surface area contributed by atoms with Gasteiger partial charge in [0, 0.05) is 19.7 Å². The van der Waals surface area contributed by atoms with Gasteiger partial charge >= 0.3 is 12.0 Å². The van der Waals surface area contributed by atoms with Crippen LogP contribution in [0.15, 0.2) is 0 Å². The Morgan fingerprint density at radius 2 is 1.74 bits per heavy atom. The van der Waals surface area contributed by atoms with Gasteiger partial charge in [0.25, 0.3) is 0 Å². The fraction of sp³-hybridized carbons (Fsp3) is 0.846. The first-order valence-corrected chi connectivity index (χ1v) is 6.66. The molecule has 0 spiro atoms. The van der Waals surface area contributed by atoms with E-state index >= 15 is 0 Å². The maximum Gasteiger partial charge on any atom is 0.323 e. The van der Waals surface area contributed by atoms with E-state index in [-0.39, 0.29) is 24.7 Å². The Hall–Kier alpha value is -1.30. The molecular weight excluding hydrogens is 248 g/mol. The molecule has 112 valence electrons. The molecule has 2 amide bonds. The van der Waals surface area contributed by atoms with Crippen LogP contribution in [0.3, 0.4) is 0 Å². The smallest absolute Gasteiger partial charge is 0.323 e. The minimum absolute atomic E-state index is 0.0807. The third-order valence-corrected chi connectivity index (χ3v) is 3.20. The molecule has 0 aliphatic rings. The molecule has 0 rings (SSSR count). The van der Waals surface area contributed by atoms with Crippen molar-refractivity contribution < 1.29 is 19.4 Å². The van der Waals surface area contributed by atoms with Gasteiger partial charge in [-0.15, -0.1) is 0 Å². The first kappa shape index (κ1) is 17.7. The van der Waals surface area contributed by atoms with E-state index in [9.17, 15) is 9.59 Å². The monoisotopic (exact) mass is 274 g/mol. The molecule has 0 fully saturated rings. The summed E-state index contributed by atoms with van der Waals surface area (Å²) >= 11 is 0. The molecule has 0 bridgehead atoms. The molecule has 0 aliphatic heterocycles. The fourth-order valence-corrected chi connectivity index (χ4v) is 1.91. The van der Waals surface area contributed by atoms with E-state index in [2.05, 4.69) is 0 Å². The van der Waals surface area contributed by atoms with Crippen LogP contribution in [-0.4, -0.2) is 65.8 Å². The Balaban J connectivity index is 4.97. The number of carbonyl (C=O) groups is 2. The summed E-state index contributed by atoms with van der Waals surface area (Å²) < 4.78 is 5.06. The lowest BCUT2D eigenvalue weighted by atomic mass is 10.2. The zero-order valence-electron chi connectivity index (χ0n) is 12.5. The van der Waals surface area contributed by atoms with Gasteiger partial charge in [0.1, 0.15) is 6.54 Å². The number of nitrogens with zero attached hydrogens (tertiary/aromatic N) is 2. The summed E-state index contributed by atoms with van der Waals surface area (Å²) in [6, 6.07) is -0.431. The molecule has 0 radical (unpaired) electrons. The molecule has 0 aromatic heterocycles. The molecule has 0 saturated heterocycles. The Kier molecular flexibility index (Phi) is 8.14. The molecule has 0 saturated carbocycles. The summed E-state index contributed by atoms with van der Waals surface area (Å²) in [4.78, 5) is 26.4. The van der Waals surface area contributed by atoms with E-state index in [0.29, 0.717) is 13.2 Å². The molecule has 6 heteroatoms. The highest BCUT2D eigenvalue weighted by molar-refractivity contribution is 5.80. The van der Waals surface area contributed by atoms with Gasteiger partial charge in [-0.3, -0.25) is 4.79 Å². The van der Waals surface area contributed by atoms with Gasteiger partial charge in [-0.2, -0.15) is 0 Å². The number of aliphatic carboxylic acids is 1. The maximum absolute atomic E-state index is 12.5. The first-order chi connectivity index (χ1) is 8.88. The highest BCUT2D eigenvalue weighted by atomic mass is 16.5. The van der Waals surface area contributed by atoms with Crippen molar-refractivity contribution in [3.8, 4) is 0 Å². The van der Waals surface area contributed by atoms with Crippen LogP contribution in [-0.2, 0) is 9.53 Å². The largest absolute Gasteiger partial charge is 0.480 e. The van der Waals surface area contributed by atoms with Crippen molar-refractivity contribution in [3.63, 3.8) is 0 Å². The minimum Gasteiger partial charge on any atom is -0.480 e. The number of carboxylic acids is 1. The normalized spacial score (nSPS) is 13.7. The Morgan fingerprint density at radius 3 is 2.11 bits per heavy atom. The second-order valence-corrected chi connectivity index (χ2v) is 4.65.